The molecule has 0 aliphatic carbocycles. The normalized spacial score (nSPS) is 16.5. The molecule has 3 aromatic rings. The molecule has 1 unspecified atom stereocenters. The number of para-hydroxylation sites is 1. The van der Waals surface area contributed by atoms with Crippen LogP contribution in [0, 0.1) is 30.0 Å². The first-order valence-electron chi connectivity index (χ1n) is 8.76. The van der Waals surface area contributed by atoms with Crippen LogP contribution in [-0.2, 0) is 4.79 Å². The summed E-state index contributed by atoms with van der Waals surface area (Å²) in [6.07, 6.45) is 0.629. The van der Waals surface area contributed by atoms with Gasteiger partial charge in [0.05, 0.1) is 34.3 Å². The molecule has 1 fully saturated rings. The maximum atomic E-state index is 14.2. The van der Waals surface area contributed by atoms with Gasteiger partial charge in [-0.3, -0.25) is 10.1 Å². The standard InChI is InChI=1S/C20H18FN5O/c1-12-3-2-4-16-18(12)24-20(23-16)25-19(27)14-7-8-26(11-14)17-6-5-13(10-22)9-15(17)21/h2-6,9,14H,7-8,11H2,1H3,(H2,23,24,25,27). The zero-order chi connectivity index (χ0) is 19.0. The summed E-state index contributed by atoms with van der Waals surface area (Å²) < 4.78 is 14.2. The highest BCUT2D eigenvalue weighted by molar-refractivity contribution is 5.93. The van der Waals surface area contributed by atoms with Gasteiger partial charge in [0, 0.05) is 13.1 Å². The van der Waals surface area contributed by atoms with Crippen molar-refractivity contribution in [3.8, 4) is 6.07 Å². The summed E-state index contributed by atoms with van der Waals surface area (Å²) in [7, 11) is 0. The van der Waals surface area contributed by atoms with Crippen molar-refractivity contribution in [2.75, 3.05) is 23.3 Å². The molecular weight excluding hydrogens is 345 g/mol. The number of aromatic amines is 1. The number of halogens is 1. The molecule has 6 nitrogen and oxygen atoms in total. The van der Waals surface area contributed by atoms with E-state index in [-0.39, 0.29) is 17.4 Å². The Kier molecular flexibility index (Phi) is 4.24. The van der Waals surface area contributed by atoms with Gasteiger partial charge in [0.1, 0.15) is 5.82 Å². The van der Waals surface area contributed by atoms with Crippen LogP contribution in [0.3, 0.4) is 0 Å². The summed E-state index contributed by atoms with van der Waals surface area (Å²) in [4.78, 5) is 22.0. The summed E-state index contributed by atoms with van der Waals surface area (Å²) in [6.45, 7) is 2.98. The van der Waals surface area contributed by atoms with Crippen LogP contribution in [0.15, 0.2) is 36.4 Å². The highest BCUT2D eigenvalue weighted by atomic mass is 19.1. The van der Waals surface area contributed by atoms with Crippen LogP contribution in [0.2, 0.25) is 0 Å². The van der Waals surface area contributed by atoms with Crippen LogP contribution < -0.4 is 10.2 Å². The molecule has 1 aliphatic heterocycles. The van der Waals surface area contributed by atoms with Crippen molar-refractivity contribution < 1.29 is 9.18 Å². The molecular formula is C20H18FN5O. The molecule has 1 atom stereocenters. The molecule has 1 aliphatic rings. The predicted octanol–water partition coefficient (Wildman–Crippen LogP) is 3.35. The van der Waals surface area contributed by atoms with Gasteiger partial charge in [-0.15, -0.1) is 0 Å². The maximum absolute atomic E-state index is 14.2. The van der Waals surface area contributed by atoms with Crippen LogP contribution in [0.5, 0.6) is 0 Å². The van der Waals surface area contributed by atoms with E-state index in [4.69, 9.17) is 5.26 Å². The van der Waals surface area contributed by atoms with Gasteiger partial charge in [-0.05, 0) is 43.2 Å². The van der Waals surface area contributed by atoms with E-state index in [0.29, 0.717) is 31.1 Å². The lowest BCUT2D eigenvalue weighted by Crippen LogP contribution is -2.27. The Hall–Kier alpha value is -3.40. The minimum atomic E-state index is -0.442. The Morgan fingerprint density at radius 3 is 3.00 bits per heavy atom. The molecule has 0 radical (unpaired) electrons. The monoisotopic (exact) mass is 363 g/mol. The number of carbonyl (C=O) groups is 1. The Morgan fingerprint density at radius 1 is 1.41 bits per heavy atom. The fourth-order valence-corrected chi connectivity index (χ4v) is 3.48. The number of carbonyl (C=O) groups excluding carboxylic acids is 1. The molecule has 4 rings (SSSR count). The van der Waals surface area contributed by atoms with Crippen molar-refractivity contribution in [3.05, 3.63) is 53.3 Å². The smallest absolute Gasteiger partial charge is 0.231 e. The zero-order valence-corrected chi connectivity index (χ0v) is 14.8. The van der Waals surface area contributed by atoms with Gasteiger partial charge in [0.2, 0.25) is 11.9 Å². The number of anilines is 2. The maximum Gasteiger partial charge on any atom is 0.231 e. The van der Waals surface area contributed by atoms with E-state index in [1.54, 1.807) is 12.1 Å². The molecule has 7 heteroatoms. The molecule has 1 saturated heterocycles. The zero-order valence-electron chi connectivity index (χ0n) is 14.8. The topological polar surface area (TPSA) is 84.8 Å². The van der Waals surface area contributed by atoms with E-state index < -0.39 is 5.82 Å². The molecule has 1 aromatic heterocycles. The summed E-state index contributed by atoms with van der Waals surface area (Å²) in [5, 5.41) is 11.7. The minimum absolute atomic E-state index is 0.136. The third kappa shape index (κ3) is 3.22. The second kappa shape index (κ2) is 6.72. The van der Waals surface area contributed by atoms with Crippen molar-refractivity contribution in [1.82, 2.24) is 9.97 Å². The Bertz CT molecular complexity index is 1070. The van der Waals surface area contributed by atoms with E-state index in [0.717, 1.165) is 16.6 Å². The average molecular weight is 363 g/mol. The molecule has 0 spiro atoms. The van der Waals surface area contributed by atoms with Gasteiger partial charge >= 0.3 is 0 Å². The molecule has 2 aromatic carbocycles. The van der Waals surface area contributed by atoms with E-state index in [9.17, 15) is 9.18 Å². The molecule has 1 amide bonds. The second-order valence-electron chi connectivity index (χ2n) is 6.76. The molecule has 27 heavy (non-hydrogen) atoms. The van der Waals surface area contributed by atoms with E-state index in [1.807, 2.05) is 36.1 Å². The number of nitriles is 1. The van der Waals surface area contributed by atoms with Gasteiger partial charge in [0.25, 0.3) is 0 Å². The van der Waals surface area contributed by atoms with Crippen molar-refractivity contribution in [2.45, 2.75) is 13.3 Å². The van der Waals surface area contributed by atoms with Crippen LogP contribution in [0.4, 0.5) is 16.0 Å². The van der Waals surface area contributed by atoms with E-state index in [2.05, 4.69) is 15.3 Å². The van der Waals surface area contributed by atoms with Crippen LogP contribution in [0.1, 0.15) is 17.5 Å². The largest absolute Gasteiger partial charge is 0.368 e. The number of H-pyrrole nitrogens is 1. The first kappa shape index (κ1) is 17.0. The third-order valence-corrected chi connectivity index (χ3v) is 4.93. The molecule has 0 bridgehead atoms. The molecule has 0 saturated carbocycles. The fraction of sp³-hybridized carbons (Fsp3) is 0.250. The van der Waals surface area contributed by atoms with Gasteiger partial charge in [-0.25, -0.2) is 9.37 Å². The number of benzene rings is 2. The van der Waals surface area contributed by atoms with Crippen molar-refractivity contribution in [2.24, 2.45) is 5.92 Å². The highest BCUT2D eigenvalue weighted by Gasteiger charge is 2.30. The first-order chi connectivity index (χ1) is 13.0. The number of fused-ring (bicyclic) bond motifs is 1. The number of amides is 1. The van der Waals surface area contributed by atoms with Crippen molar-refractivity contribution in [3.63, 3.8) is 0 Å². The lowest BCUT2D eigenvalue weighted by molar-refractivity contribution is -0.119. The molecule has 136 valence electrons. The second-order valence-corrected chi connectivity index (χ2v) is 6.76. The third-order valence-electron chi connectivity index (χ3n) is 4.93. The van der Waals surface area contributed by atoms with E-state index in [1.165, 1.54) is 6.07 Å². The van der Waals surface area contributed by atoms with Crippen LogP contribution in [0.25, 0.3) is 11.0 Å². The van der Waals surface area contributed by atoms with Gasteiger partial charge < -0.3 is 9.88 Å². The number of imidazole rings is 1. The lowest BCUT2D eigenvalue weighted by atomic mass is 10.1. The highest BCUT2D eigenvalue weighted by Crippen LogP contribution is 2.28. The predicted molar refractivity (Wildman–Crippen MR) is 101 cm³/mol. The first-order valence-corrected chi connectivity index (χ1v) is 8.76. The molecule has 2 N–H and O–H groups in total. The Balaban J connectivity index is 1.46. The average Bonchev–Trinajstić information content (AvgIpc) is 3.29. The number of hydrogen-bond donors (Lipinski definition) is 2. The van der Waals surface area contributed by atoms with Gasteiger partial charge in [-0.2, -0.15) is 5.26 Å². The lowest BCUT2D eigenvalue weighted by Gasteiger charge is -2.19. The van der Waals surface area contributed by atoms with Gasteiger partial charge in [-0.1, -0.05) is 12.1 Å². The molecule has 2 heterocycles. The quantitative estimate of drug-likeness (QED) is 0.747. The number of nitrogens with zero attached hydrogens (tertiary/aromatic N) is 3. The number of nitrogens with one attached hydrogen (secondary N) is 2. The summed E-state index contributed by atoms with van der Waals surface area (Å²) in [5.41, 5.74) is 3.44. The number of aromatic nitrogens is 2. The van der Waals surface area contributed by atoms with Gasteiger partial charge in [0.15, 0.2) is 0 Å². The SMILES string of the molecule is Cc1cccc2[nH]c(NC(=O)C3CCN(c4ccc(C#N)cc4F)C3)nc12. The summed E-state index contributed by atoms with van der Waals surface area (Å²) in [5.74, 6) is -0.409. The summed E-state index contributed by atoms with van der Waals surface area (Å²) in [6, 6.07) is 12.1. The van der Waals surface area contributed by atoms with Crippen LogP contribution >= 0.6 is 0 Å². The number of aryl methyl sites for hydroxylation is 1. The Morgan fingerprint density at radius 2 is 2.26 bits per heavy atom. The van der Waals surface area contributed by atoms with Crippen molar-refractivity contribution >= 4 is 28.6 Å². The van der Waals surface area contributed by atoms with Crippen LogP contribution in [-0.4, -0.2) is 29.0 Å². The minimum Gasteiger partial charge on any atom is -0.368 e. The number of hydrogen-bond acceptors (Lipinski definition) is 4. The Labute approximate surface area is 155 Å². The van der Waals surface area contributed by atoms with Crippen molar-refractivity contribution in [1.29, 1.82) is 5.26 Å². The number of rotatable bonds is 3. The van der Waals surface area contributed by atoms with E-state index >= 15 is 0 Å². The fourth-order valence-electron chi connectivity index (χ4n) is 3.48. The summed E-state index contributed by atoms with van der Waals surface area (Å²) >= 11 is 0.